The van der Waals surface area contributed by atoms with E-state index in [0.29, 0.717) is 32.7 Å². The lowest BCUT2D eigenvalue weighted by molar-refractivity contribution is -0.121. The van der Waals surface area contributed by atoms with Gasteiger partial charge in [0.05, 0.1) is 6.61 Å². The number of rotatable bonds is 8. The fraction of sp³-hybridized carbons (Fsp3) is 0.462. The number of benzene rings is 1. The Balaban J connectivity index is 0.00000324. The van der Waals surface area contributed by atoms with Crippen molar-refractivity contribution in [2.75, 3.05) is 26.9 Å². The second-order valence-electron chi connectivity index (χ2n) is 3.80. The van der Waals surface area contributed by atoms with Gasteiger partial charge in [-0.05, 0) is 17.7 Å². The maximum atomic E-state index is 11.3. The van der Waals surface area contributed by atoms with Crippen molar-refractivity contribution in [2.45, 2.75) is 13.0 Å². The minimum absolute atomic E-state index is 0. The summed E-state index contributed by atoms with van der Waals surface area (Å²) in [5.41, 5.74) is 6.29. The summed E-state index contributed by atoms with van der Waals surface area (Å²) < 4.78 is 10.4. The molecule has 108 valence electrons. The predicted molar refractivity (Wildman–Crippen MR) is 76.6 cm³/mol. The zero-order valence-electron chi connectivity index (χ0n) is 11.1. The van der Waals surface area contributed by atoms with Crippen LogP contribution in [0.2, 0.25) is 0 Å². The van der Waals surface area contributed by atoms with Crippen molar-refractivity contribution in [2.24, 2.45) is 5.73 Å². The summed E-state index contributed by atoms with van der Waals surface area (Å²) in [4.78, 5) is 11.3. The van der Waals surface area contributed by atoms with Crippen LogP contribution in [-0.4, -0.2) is 32.8 Å². The molecule has 5 nitrogen and oxygen atoms in total. The van der Waals surface area contributed by atoms with Crippen molar-refractivity contribution < 1.29 is 14.3 Å². The van der Waals surface area contributed by atoms with Crippen LogP contribution in [0.5, 0.6) is 5.75 Å². The molecule has 0 saturated heterocycles. The molecule has 0 spiro atoms. The molecule has 1 aromatic carbocycles. The molecule has 0 aliphatic carbocycles. The van der Waals surface area contributed by atoms with Crippen LogP contribution in [0.4, 0.5) is 0 Å². The fourth-order valence-electron chi connectivity index (χ4n) is 1.41. The number of carbonyl (C=O) groups is 1. The van der Waals surface area contributed by atoms with E-state index in [9.17, 15) is 4.79 Å². The molecule has 1 amide bonds. The molecule has 6 heteroatoms. The van der Waals surface area contributed by atoms with Gasteiger partial charge in [-0.2, -0.15) is 0 Å². The summed E-state index contributed by atoms with van der Waals surface area (Å²) in [6, 6.07) is 7.61. The highest BCUT2D eigenvalue weighted by atomic mass is 35.5. The average molecular weight is 289 g/mol. The van der Waals surface area contributed by atoms with E-state index in [1.165, 1.54) is 0 Å². The molecule has 0 heterocycles. The number of nitrogens with one attached hydrogen (secondary N) is 1. The van der Waals surface area contributed by atoms with Crippen LogP contribution in [0.25, 0.3) is 0 Å². The number of ether oxygens (including phenoxy) is 2. The summed E-state index contributed by atoms with van der Waals surface area (Å²) in [5.74, 6) is 0.737. The van der Waals surface area contributed by atoms with Crippen LogP contribution in [0.1, 0.15) is 12.0 Å². The number of carbonyl (C=O) groups excluding carboxylic acids is 1. The van der Waals surface area contributed by atoms with Gasteiger partial charge in [0.15, 0.2) is 0 Å². The average Bonchev–Trinajstić information content (AvgIpc) is 2.38. The third-order valence-corrected chi connectivity index (χ3v) is 2.32. The topological polar surface area (TPSA) is 73.6 Å². The summed E-state index contributed by atoms with van der Waals surface area (Å²) in [5, 5.41) is 2.80. The van der Waals surface area contributed by atoms with Crippen LogP contribution in [0.15, 0.2) is 24.3 Å². The fourth-order valence-corrected chi connectivity index (χ4v) is 1.41. The lowest BCUT2D eigenvalue weighted by atomic mass is 10.2. The lowest BCUT2D eigenvalue weighted by Crippen LogP contribution is -2.24. The Morgan fingerprint density at radius 2 is 2.16 bits per heavy atom. The van der Waals surface area contributed by atoms with Gasteiger partial charge in [0.2, 0.25) is 5.91 Å². The Hall–Kier alpha value is -1.30. The Kier molecular flexibility index (Phi) is 9.88. The monoisotopic (exact) mass is 288 g/mol. The third kappa shape index (κ3) is 7.66. The summed E-state index contributed by atoms with van der Waals surface area (Å²) in [6.45, 7) is 1.92. The van der Waals surface area contributed by atoms with Gasteiger partial charge in [-0.3, -0.25) is 4.79 Å². The van der Waals surface area contributed by atoms with Gasteiger partial charge in [-0.1, -0.05) is 12.1 Å². The van der Waals surface area contributed by atoms with Crippen LogP contribution >= 0.6 is 12.4 Å². The second-order valence-corrected chi connectivity index (χ2v) is 3.80. The zero-order chi connectivity index (χ0) is 13.2. The first-order valence-electron chi connectivity index (χ1n) is 5.93. The summed E-state index contributed by atoms with van der Waals surface area (Å²) in [6.07, 6.45) is 0.351. The Morgan fingerprint density at radius 1 is 1.37 bits per heavy atom. The van der Waals surface area contributed by atoms with Gasteiger partial charge >= 0.3 is 0 Å². The highest BCUT2D eigenvalue weighted by molar-refractivity contribution is 5.85. The van der Waals surface area contributed by atoms with Crippen molar-refractivity contribution in [3.05, 3.63) is 29.8 Å². The van der Waals surface area contributed by atoms with E-state index in [4.69, 9.17) is 15.2 Å². The van der Waals surface area contributed by atoms with Crippen LogP contribution in [0.3, 0.4) is 0 Å². The van der Waals surface area contributed by atoms with Gasteiger partial charge in [0, 0.05) is 26.6 Å². The predicted octanol–water partition coefficient (Wildman–Crippen LogP) is 1.10. The number of hydrogen-bond acceptors (Lipinski definition) is 4. The smallest absolute Gasteiger partial charge is 0.221 e. The molecule has 0 atom stereocenters. The summed E-state index contributed by atoms with van der Waals surface area (Å²) >= 11 is 0. The molecule has 0 fully saturated rings. The maximum Gasteiger partial charge on any atom is 0.221 e. The van der Waals surface area contributed by atoms with Gasteiger partial charge in [0.25, 0.3) is 0 Å². The van der Waals surface area contributed by atoms with Gasteiger partial charge < -0.3 is 20.5 Å². The van der Waals surface area contributed by atoms with E-state index in [1.54, 1.807) is 7.11 Å². The number of methoxy groups -OCH3 is 1. The molecule has 1 aromatic rings. The van der Waals surface area contributed by atoms with E-state index >= 15 is 0 Å². The first kappa shape index (κ1) is 17.7. The largest absolute Gasteiger partial charge is 0.491 e. The molecular formula is C13H21ClN2O3. The molecular weight excluding hydrogens is 268 g/mol. The van der Waals surface area contributed by atoms with Crippen LogP contribution < -0.4 is 15.8 Å². The molecule has 0 saturated carbocycles. The minimum atomic E-state index is -0.0387. The number of nitrogens with two attached hydrogens (primary N) is 1. The summed E-state index contributed by atoms with van der Waals surface area (Å²) in [7, 11) is 1.63. The van der Waals surface area contributed by atoms with Gasteiger partial charge in [-0.25, -0.2) is 0 Å². The lowest BCUT2D eigenvalue weighted by Gasteiger charge is -2.08. The first-order valence-corrected chi connectivity index (χ1v) is 5.93. The minimum Gasteiger partial charge on any atom is -0.491 e. The van der Waals surface area contributed by atoms with Gasteiger partial charge in [-0.15, -0.1) is 12.4 Å². The molecule has 0 aromatic heterocycles. The van der Waals surface area contributed by atoms with Crippen LogP contribution in [0, 0.1) is 0 Å². The quantitative estimate of drug-likeness (QED) is 0.703. The Labute approximate surface area is 119 Å². The highest BCUT2D eigenvalue weighted by Gasteiger charge is 2.01. The van der Waals surface area contributed by atoms with Crippen molar-refractivity contribution in [3.63, 3.8) is 0 Å². The molecule has 19 heavy (non-hydrogen) atoms. The number of halogens is 1. The number of amides is 1. The molecule has 1 rings (SSSR count). The van der Waals surface area contributed by atoms with E-state index < -0.39 is 0 Å². The third-order valence-electron chi connectivity index (χ3n) is 2.32. The molecule has 0 aliphatic heterocycles. The second kappa shape index (κ2) is 10.6. The number of hydrogen-bond donors (Lipinski definition) is 2. The van der Waals surface area contributed by atoms with Gasteiger partial charge in [0.1, 0.15) is 12.4 Å². The van der Waals surface area contributed by atoms with E-state index in [2.05, 4.69) is 5.32 Å². The van der Waals surface area contributed by atoms with Crippen molar-refractivity contribution in [3.8, 4) is 5.75 Å². The molecule has 0 bridgehead atoms. The first-order chi connectivity index (χ1) is 8.76. The SMILES string of the molecule is COCCOc1cccc(CNC(=O)CCN)c1.Cl. The molecule has 3 N–H and O–H groups in total. The normalized spacial score (nSPS) is 9.58. The maximum absolute atomic E-state index is 11.3. The Morgan fingerprint density at radius 3 is 2.84 bits per heavy atom. The van der Waals surface area contributed by atoms with Crippen LogP contribution in [-0.2, 0) is 16.1 Å². The molecule has 0 radical (unpaired) electrons. The molecule has 0 unspecified atom stereocenters. The van der Waals surface area contributed by atoms with Crippen molar-refractivity contribution in [1.82, 2.24) is 5.32 Å². The van der Waals surface area contributed by atoms with Crippen molar-refractivity contribution >= 4 is 18.3 Å². The van der Waals surface area contributed by atoms with E-state index in [-0.39, 0.29) is 18.3 Å². The Bertz CT molecular complexity index is 375. The standard InChI is InChI=1S/C13H20N2O3.ClH/c1-17-7-8-18-12-4-2-3-11(9-12)10-15-13(16)5-6-14;/h2-4,9H,5-8,10,14H2,1H3,(H,15,16);1H. The van der Waals surface area contributed by atoms with Crippen molar-refractivity contribution in [1.29, 1.82) is 0 Å². The van der Waals surface area contributed by atoms with E-state index in [1.807, 2.05) is 24.3 Å². The highest BCUT2D eigenvalue weighted by Crippen LogP contribution is 2.13. The molecule has 0 aliphatic rings. The zero-order valence-corrected chi connectivity index (χ0v) is 11.9. The van der Waals surface area contributed by atoms with E-state index in [0.717, 1.165) is 11.3 Å².